The zero-order valence-corrected chi connectivity index (χ0v) is 8.48. The summed E-state index contributed by atoms with van der Waals surface area (Å²) in [4.78, 5) is 9.89. The van der Waals surface area contributed by atoms with Gasteiger partial charge in [-0.2, -0.15) is 4.99 Å². The van der Waals surface area contributed by atoms with Gasteiger partial charge in [-0.15, -0.1) is 0 Å². The van der Waals surface area contributed by atoms with E-state index in [2.05, 4.69) is 14.9 Å². The Labute approximate surface area is 83.9 Å². The van der Waals surface area contributed by atoms with E-state index in [-0.39, 0.29) is 5.96 Å². The highest BCUT2D eigenvalue weighted by Crippen LogP contribution is 2.40. The summed E-state index contributed by atoms with van der Waals surface area (Å²) < 4.78 is 0. The predicted molar refractivity (Wildman–Crippen MR) is 57.0 cm³/mol. The van der Waals surface area contributed by atoms with E-state index in [1.165, 1.54) is 12.8 Å². The van der Waals surface area contributed by atoms with Crippen LogP contribution in [0.15, 0.2) is 9.98 Å². The zero-order valence-electron chi connectivity index (χ0n) is 8.48. The number of aliphatic imine (C=N–C) groups is 2. The molecule has 5 nitrogen and oxygen atoms in total. The van der Waals surface area contributed by atoms with Crippen LogP contribution in [0.2, 0.25) is 0 Å². The number of guanidine groups is 2. The maximum absolute atomic E-state index is 5.82. The molecule has 0 amide bonds. The number of hydrogen-bond donors (Lipinski definition) is 2. The summed E-state index contributed by atoms with van der Waals surface area (Å²) in [6, 6.07) is 0. The van der Waals surface area contributed by atoms with Crippen molar-refractivity contribution < 1.29 is 0 Å². The average Bonchev–Trinajstić information content (AvgIpc) is 2.42. The van der Waals surface area contributed by atoms with Gasteiger partial charge in [-0.3, -0.25) is 4.99 Å². The van der Waals surface area contributed by atoms with Crippen LogP contribution in [0, 0.1) is 11.8 Å². The lowest BCUT2D eigenvalue weighted by molar-refractivity contribution is 0.243. The predicted octanol–water partition coefficient (Wildman–Crippen LogP) is -0.413. The van der Waals surface area contributed by atoms with Crippen molar-refractivity contribution in [3.63, 3.8) is 0 Å². The molecule has 2 rings (SSSR count). The van der Waals surface area contributed by atoms with Crippen molar-refractivity contribution in [2.24, 2.45) is 33.3 Å². The summed E-state index contributed by atoms with van der Waals surface area (Å²) in [5.74, 6) is 2.44. The molecule has 2 unspecified atom stereocenters. The molecule has 2 aliphatic rings. The summed E-state index contributed by atoms with van der Waals surface area (Å²) in [7, 11) is 1.61. The van der Waals surface area contributed by atoms with Gasteiger partial charge in [-0.25, -0.2) is 0 Å². The number of nitrogens with two attached hydrogens (primary N) is 2. The number of likely N-dealkylation sites (tertiary alicyclic amines) is 1. The minimum absolute atomic E-state index is 0.252. The van der Waals surface area contributed by atoms with E-state index in [4.69, 9.17) is 11.5 Å². The Morgan fingerprint density at radius 3 is 2.21 bits per heavy atom. The van der Waals surface area contributed by atoms with E-state index in [1.54, 1.807) is 7.05 Å². The highest BCUT2D eigenvalue weighted by Gasteiger charge is 2.39. The van der Waals surface area contributed by atoms with Gasteiger partial charge in [0.25, 0.3) is 0 Å². The van der Waals surface area contributed by atoms with E-state index >= 15 is 0 Å². The third-order valence-electron chi connectivity index (χ3n) is 3.27. The third kappa shape index (κ3) is 1.54. The van der Waals surface area contributed by atoms with E-state index in [1.807, 2.05) is 0 Å². The molecule has 1 aliphatic heterocycles. The van der Waals surface area contributed by atoms with Crippen LogP contribution in [0.4, 0.5) is 0 Å². The second kappa shape index (κ2) is 3.48. The van der Waals surface area contributed by atoms with Crippen molar-refractivity contribution in [1.29, 1.82) is 0 Å². The smallest absolute Gasteiger partial charge is 0.218 e. The van der Waals surface area contributed by atoms with Crippen LogP contribution in [0.3, 0.4) is 0 Å². The fourth-order valence-corrected chi connectivity index (χ4v) is 2.18. The van der Waals surface area contributed by atoms with Crippen LogP contribution < -0.4 is 11.5 Å². The second-order valence-electron chi connectivity index (χ2n) is 4.05. The lowest BCUT2D eigenvalue weighted by Gasteiger charge is -2.27. The lowest BCUT2D eigenvalue weighted by atomic mass is 9.77. The molecule has 4 N–H and O–H groups in total. The van der Waals surface area contributed by atoms with E-state index in [0.29, 0.717) is 5.96 Å². The molecule has 2 atom stereocenters. The van der Waals surface area contributed by atoms with Crippen molar-refractivity contribution in [3.05, 3.63) is 0 Å². The van der Waals surface area contributed by atoms with Crippen LogP contribution in [0.1, 0.15) is 12.8 Å². The number of nitrogens with zero attached hydrogens (tertiary/aromatic N) is 3. The molecule has 0 radical (unpaired) electrons. The molecule has 1 aliphatic carbocycles. The highest BCUT2D eigenvalue weighted by molar-refractivity contribution is 5.93. The molecule has 1 saturated carbocycles. The largest absolute Gasteiger partial charge is 0.369 e. The zero-order chi connectivity index (χ0) is 10.1. The van der Waals surface area contributed by atoms with Crippen LogP contribution >= 0.6 is 0 Å². The van der Waals surface area contributed by atoms with E-state index in [9.17, 15) is 0 Å². The molecule has 5 heteroatoms. The summed E-state index contributed by atoms with van der Waals surface area (Å²) in [6.07, 6.45) is 2.68. The minimum Gasteiger partial charge on any atom is -0.369 e. The summed E-state index contributed by atoms with van der Waals surface area (Å²) in [5, 5.41) is 0. The molecule has 14 heavy (non-hydrogen) atoms. The highest BCUT2D eigenvalue weighted by atomic mass is 15.3. The normalized spacial score (nSPS) is 32.8. The van der Waals surface area contributed by atoms with Gasteiger partial charge >= 0.3 is 0 Å². The fraction of sp³-hybridized carbons (Fsp3) is 0.778. The Kier molecular flexibility index (Phi) is 2.31. The van der Waals surface area contributed by atoms with Gasteiger partial charge in [0.15, 0.2) is 5.96 Å². The molecule has 0 spiro atoms. The Morgan fingerprint density at radius 1 is 1.21 bits per heavy atom. The lowest BCUT2D eigenvalue weighted by Crippen LogP contribution is -2.37. The summed E-state index contributed by atoms with van der Waals surface area (Å²) in [6.45, 7) is 2.08. The Balaban J connectivity index is 1.98. The first-order chi connectivity index (χ1) is 6.70. The molecule has 0 aromatic heterocycles. The molecule has 2 fully saturated rings. The van der Waals surface area contributed by atoms with Crippen LogP contribution in [0.5, 0.6) is 0 Å². The monoisotopic (exact) mass is 195 g/mol. The van der Waals surface area contributed by atoms with Crippen molar-refractivity contribution >= 4 is 11.9 Å². The quantitative estimate of drug-likeness (QED) is 0.407. The van der Waals surface area contributed by atoms with E-state index < -0.39 is 0 Å². The standard InChI is InChI=1S/C9H17N5/c1-12-8(10)13-9(11)14-4-6-2-3-7(6)5-14/h6-7H,2-5H2,1H3,(H4,10,11,12,13). The van der Waals surface area contributed by atoms with Gasteiger partial charge in [0.2, 0.25) is 5.96 Å². The number of rotatable bonds is 0. The third-order valence-corrected chi connectivity index (χ3v) is 3.27. The van der Waals surface area contributed by atoms with Gasteiger partial charge in [0.05, 0.1) is 0 Å². The minimum atomic E-state index is 0.252. The molecular formula is C9H17N5. The van der Waals surface area contributed by atoms with Crippen molar-refractivity contribution in [1.82, 2.24) is 4.90 Å². The van der Waals surface area contributed by atoms with Gasteiger partial charge < -0.3 is 16.4 Å². The Hall–Kier alpha value is -1.26. The molecule has 0 bridgehead atoms. The Morgan fingerprint density at radius 2 is 1.79 bits per heavy atom. The molecule has 78 valence electrons. The van der Waals surface area contributed by atoms with Gasteiger partial charge in [0, 0.05) is 20.1 Å². The fourth-order valence-electron chi connectivity index (χ4n) is 2.18. The summed E-state index contributed by atoms with van der Waals surface area (Å²) >= 11 is 0. The molecular weight excluding hydrogens is 178 g/mol. The first-order valence-corrected chi connectivity index (χ1v) is 5.02. The van der Waals surface area contributed by atoms with Gasteiger partial charge in [-0.1, -0.05) is 0 Å². The molecule has 1 saturated heterocycles. The van der Waals surface area contributed by atoms with Crippen molar-refractivity contribution in [2.45, 2.75) is 12.8 Å². The second-order valence-corrected chi connectivity index (χ2v) is 4.05. The maximum Gasteiger partial charge on any atom is 0.218 e. The average molecular weight is 195 g/mol. The van der Waals surface area contributed by atoms with Gasteiger partial charge in [0.1, 0.15) is 0 Å². The first kappa shape index (κ1) is 9.30. The molecule has 0 aromatic rings. The number of fused-ring (bicyclic) bond motifs is 1. The van der Waals surface area contributed by atoms with E-state index in [0.717, 1.165) is 24.9 Å². The first-order valence-electron chi connectivity index (χ1n) is 5.02. The van der Waals surface area contributed by atoms with Crippen LogP contribution in [-0.4, -0.2) is 37.0 Å². The van der Waals surface area contributed by atoms with Crippen molar-refractivity contribution in [3.8, 4) is 0 Å². The number of hydrogen-bond acceptors (Lipinski definition) is 1. The summed E-state index contributed by atoms with van der Waals surface area (Å²) in [5.41, 5.74) is 11.3. The van der Waals surface area contributed by atoms with Gasteiger partial charge in [-0.05, 0) is 24.7 Å². The SMILES string of the molecule is CN=C(N)/N=C(\N)N1CC2CCC2C1. The topological polar surface area (TPSA) is 80.0 Å². The Bertz CT molecular complexity index is 271. The molecule has 1 heterocycles. The van der Waals surface area contributed by atoms with Crippen LogP contribution in [-0.2, 0) is 0 Å². The van der Waals surface area contributed by atoms with Crippen LogP contribution in [0.25, 0.3) is 0 Å². The maximum atomic E-state index is 5.82. The van der Waals surface area contributed by atoms with Crippen molar-refractivity contribution in [2.75, 3.05) is 20.1 Å². The molecule has 0 aromatic carbocycles.